The van der Waals surface area contributed by atoms with E-state index in [1.54, 1.807) is 17.9 Å². The number of piperidine rings is 1. The molecule has 2 saturated heterocycles. The van der Waals surface area contributed by atoms with Crippen LogP contribution in [-0.4, -0.2) is 36.6 Å². The number of nitrogens with one attached hydrogen (secondary N) is 1. The smallest absolute Gasteiger partial charge is 0.231 e. The number of carbonyl (C=O) groups excluding carboxylic acids is 2. The summed E-state index contributed by atoms with van der Waals surface area (Å²) < 4.78 is 4.95. The summed E-state index contributed by atoms with van der Waals surface area (Å²) in [5.74, 6) is 0.384. The average molecular weight is 368 g/mol. The summed E-state index contributed by atoms with van der Waals surface area (Å²) in [6.07, 6.45) is 3.97. The Labute approximate surface area is 158 Å². The molecule has 142 valence electrons. The highest BCUT2D eigenvalue weighted by molar-refractivity contribution is 6.03. The molecule has 0 aliphatic carbocycles. The lowest BCUT2D eigenvalue weighted by atomic mass is 10.1. The van der Waals surface area contributed by atoms with E-state index < -0.39 is 5.92 Å². The lowest BCUT2D eigenvalue weighted by molar-refractivity contribution is -0.122. The number of carbonyl (C=O) groups is 2. The number of hydrogen-bond donors (Lipinski definition) is 1. The van der Waals surface area contributed by atoms with Crippen LogP contribution in [0.1, 0.15) is 31.4 Å². The van der Waals surface area contributed by atoms with E-state index in [1.165, 1.54) is 24.9 Å². The number of aromatic nitrogens is 1. The summed E-state index contributed by atoms with van der Waals surface area (Å²) in [7, 11) is 0. The van der Waals surface area contributed by atoms with Crippen LogP contribution in [0.15, 0.2) is 34.9 Å². The lowest BCUT2D eigenvalue weighted by Crippen LogP contribution is -2.30. The number of hydrogen-bond acceptors (Lipinski definition) is 5. The number of nitrogens with zero attached hydrogens (tertiary/aromatic N) is 3. The molecule has 2 aliphatic heterocycles. The fraction of sp³-hybridized carbons (Fsp3) is 0.450. The SMILES string of the molecule is Cc1cc(NC(=O)C2CC(=O)N(c3ccc(N4CCCCC4)cc3)C2)no1. The standard InChI is InChI=1S/C20H24N4O3/c1-14-11-18(22-27-14)21-20(26)15-12-19(25)24(13-15)17-7-5-16(6-8-17)23-9-3-2-4-10-23/h5-8,11,15H,2-4,9-10,12-13H2,1H3,(H,21,22,26). The molecule has 1 aromatic carbocycles. The molecule has 0 radical (unpaired) electrons. The number of anilines is 3. The van der Waals surface area contributed by atoms with Crippen molar-refractivity contribution in [3.63, 3.8) is 0 Å². The summed E-state index contributed by atoms with van der Waals surface area (Å²) in [5.41, 5.74) is 2.04. The molecule has 2 aromatic rings. The van der Waals surface area contributed by atoms with Gasteiger partial charge in [-0.15, -0.1) is 0 Å². The van der Waals surface area contributed by atoms with Gasteiger partial charge in [-0.25, -0.2) is 0 Å². The molecule has 0 spiro atoms. The van der Waals surface area contributed by atoms with Crippen molar-refractivity contribution >= 4 is 29.0 Å². The van der Waals surface area contributed by atoms with Gasteiger partial charge in [-0.1, -0.05) is 5.16 Å². The third-order valence-corrected chi connectivity index (χ3v) is 5.26. The Morgan fingerprint density at radius 2 is 1.85 bits per heavy atom. The van der Waals surface area contributed by atoms with E-state index in [2.05, 4.69) is 27.5 Å². The Kier molecular flexibility index (Phi) is 4.83. The van der Waals surface area contributed by atoms with Crippen LogP contribution in [-0.2, 0) is 9.59 Å². The molecule has 1 N–H and O–H groups in total. The molecule has 0 bridgehead atoms. The van der Waals surface area contributed by atoms with Crippen LogP contribution >= 0.6 is 0 Å². The van der Waals surface area contributed by atoms with Gasteiger partial charge in [-0.3, -0.25) is 9.59 Å². The van der Waals surface area contributed by atoms with Gasteiger partial charge >= 0.3 is 0 Å². The summed E-state index contributed by atoms with van der Waals surface area (Å²) in [5, 5.41) is 6.49. The minimum atomic E-state index is -0.392. The third kappa shape index (κ3) is 3.82. The first-order chi connectivity index (χ1) is 13.1. The van der Waals surface area contributed by atoms with Crippen LogP contribution in [0.4, 0.5) is 17.2 Å². The Bertz CT molecular complexity index is 824. The molecular weight excluding hydrogens is 344 g/mol. The van der Waals surface area contributed by atoms with E-state index in [0.29, 0.717) is 18.1 Å². The molecule has 1 aromatic heterocycles. The topological polar surface area (TPSA) is 78.7 Å². The molecule has 7 nitrogen and oxygen atoms in total. The number of aryl methyl sites for hydroxylation is 1. The van der Waals surface area contributed by atoms with Crippen LogP contribution in [0.3, 0.4) is 0 Å². The summed E-state index contributed by atoms with van der Waals surface area (Å²) in [4.78, 5) is 28.9. The minimum absolute atomic E-state index is 0.0304. The average Bonchev–Trinajstić information content (AvgIpc) is 3.28. The fourth-order valence-electron chi connectivity index (χ4n) is 3.78. The van der Waals surface area contributed by atoms with E-state index in [4.69, 9.17) is 4.52 Å². The second-order valence-electron chi connectivity index (χ2n) is 7.28. The quantitative estimate of drug-likeness (QED) is 0.898. The van der Waals surface area contributed by atoms with Crippen molar-refractivity contribution in [3.8, 4) is 0 Å². The van der Waals surface area contributed by atoms with Crippen molar-refractivity contribution in [2.45, 2.75) is 32.6 Å². The maximum absolute atomic E-state index is 12.4. The highest BCUT2D eigenvalue weighted by Crippen LogP contribution is 2.28. The van der Waals surface area contributed by atoms with Crippen molar-refractivity contribution in [2.75, 3.05) is 34.8 Å². The third-order valence-electron chi connectivity index (χ3n) is 5.26. The summed E-state index contributed by atoms with van der Waals surface area (Å²) in [6.45, 7) is 4.32. The predicted molar refractivity (Wildman–Crippen MR) is 103 cm³/mol. The first-order valence-corrected chi connectivity index (χ1v) is 9.50. The van der Waals surface area contributed by atoms with Crippen molar-refractivity contribution < 1.29 is 14.1 Å². The maximum atomic E-state index is 12.4. The highest BCUT2D eigenvalue weighted by atomic mass is 16.5. The molecular formula is C20H24N4O3. The second-order valence-corrected chi connectivity index (χ2v) is 7.28. The largest absolute Gasteiger partial charge is 0.372 e. The fourth-order valence-corrected chi connectivity index (χ4v) is 3.78. The van der Waals surface area contributed by atoms with Crippen molar-refractivity contribution in [1.82, 2.24) is 5.16 Å². The van der Waals surface area contributed by atoms with Crippen LogP contribution in [0, 0.1) is 12.8 Å². The second kappa shape index (κ2) is 7.42. The van der Waals surface area contributed by atoms with E-state index >= 15 is 0 Å². The molecule has 2 fully saturated rings. The van der Waals surface area contributed by atoms with Gasteiger partial charge in [0, 0.05) is 43.5 Å². The van der Waals surface area contributed by atoms with Crippen molar-refractivity contribution in [1.29, 1.82) is 0 Å². The molecule has 7 heteroatoms. The Balaban J connectivity index is 1.40. The molecule has 2 amide bonds. The van der Waals surface area contributed by atoms with Crippen LogP contribution in [0.2, 0.25) is 0 Å². The highest BCUT2D eigenvalue weighted by Gasteiger charge is 2.35. The maximum Gasteiger partial charge on any atom is 0.231 e. The molecule has 1 atom stereocenters. The van der Waals surface area contributed by atoms with E-state index in [1.807, 2.05) is 12.1 Å². The molecule has 27 heavy (non-hydrogen) atoms. The first-order valence-electron chi connectivity index (χ1n) is 9.50. The van der Waals surface area contributed by atoms with Gasteiger partial charge in [0.25, 0.3) is 0 Å². The van der Waals surface area contributed by atoms with Gasteiger partial charge in [-0.05, 0) is 50.5 Å². The molecule has 0 saturated carbocycles. The molecule has 3 heterocycles. The zero-order valence-corrected chi connectivity index (χ0v) is 15.5. The molecule has 1 unspecified atom stereocenters. The van der Waals surface area contributed by atoms with Crippen LogP contribution in [0.25, 0.3) is 0 Å². The normalized spacial score (nSPS) is 20.2. The van der Waals surface area contributed by atoms with Gasteiger partial charge in [0.05, 0.1) is 5.92 Å². The minimum Gasteiger partial charge on any atom is -0.372 e. The van der Waals surface area contributed by atoms with Gasteiger partial charge in [0.2, 0.25) is 11.8 Å². The lowest BCUT2D eigenvalue weighted by Gasteiger charge is -2.29. The molecule has 4 rings (SSSR count). The van der Waals surface area contributed by atoms with Crippen molar-refractivity contribution in [3.05, 3.63) is 36.1 Å². The number of amides is 2. The first kappa shape index (κ1) is 17.6. The Morgan fingerprint density at radius 1 is 1.15 bits per heavy atom. The Hall–Kier alpha value is -2.83. The molecule has 2 aliphatic rings. The van der Waals surface area contributed by atoms with E-state index in [9.17, 15) is 9.59 Å². The van der Waals surface area contributed by atoms with Gasteiger partial charge in [0.15, 0.2) is 5.82 Å². The van der Waals surface area contributed by atoms with E-state index in [0.717, 1.165) is 18.8 Å². The number of rotatable bonds is 4. The van der Waals surface area contributed by atoms with E-state index in [-0.39, 0.29) is 18.2 Å². The summed E-state index contributed by atoms with van der Waals surface area (Å²) in [6, 6.07) is 9.75. The summed E-state index contributed by atoms with van der Waals surface area (Å²) >= 11 is 0. The monoisotopic (exact) mass is 368 g/mol. The van der Waals surface area contributed by atoms with Crippen LogP contribution < -0.4 is 15.1 Å². The Morgan fingerprint density at radius 3 is 2.52 bits per heavy atom. The van der Waals surface area contributed by atoms with Gasteiger partial charge < -0.3 is 19.6 Å². The van der Waals surface area contributed by atoms with Gasteiger partial charge in [-0.2, -0.15) is 0 Å². The zero-order chi connectivity index (χ0) is 18.8. The zero-order valence-electron chi connectivity index (χ0n) is 15.5. The number of benzene rings is 1. The van der Waals surface area contributed by atoms with Crippen LogP contribution in [0.5, 0.6) is 0 Å². The van der Waals surface area contributed by atoms with Crippen molar-refractivity contribution in [2.24, 2.45) is 5.92 Å². The predicted octanol–water partition coefficient (Wildman–Crippen LogP) is 2.96. The van der Waals surface area contributed by atoms with Gasteiger partial charge in [0.1, 0.15) is 5.76 Å².